The smallest absolute Gasteiger partial charge is 0.339 e. The molecule has 0 saturated carbocycles. The van der Waals surface area contributed by atoms with Crippen LogP contribution in [0.25, 0.3) is 22.1 Å². The van der Waals surface area contributed by atoms with Gasteiger partial charge in [-0.1, -0.05) is 31.9 Å². The molecule has 256 valence electrons. The van der Waals surface area contributed by atoms with Crippen LogP contribution in [0.15, 0.2) is 57.9 Å². The summed E-state index contributed by atoms with van der Waals surface area (Å²) in [5.41, 5.74) is 0.551. The highest BCUT2D eigenvalue weighted by Gasteiger charge is 2.55. The Labute approximate surface area is 275 Å². The fourth-order valence-electron chi connectivity index (χ4n) is 5.09. The molecule has 1 aromatic heterocycles. The number of carbonyl (C=O) groups is 5. The van der Waals surface area contributed by atoms with Gasteiger partial charge in [-0.25, -0.2) is 4.79 Å². The third-order valence-corrected chi connectivity index (χ3v) is 7.21. The van der Waals surface area contributed by atoms with E-state index in [1.807, 2.05) is 6.92 Å². The molecule has 0 bridgehead atoms. The summed E-state index contributed by atoms with van der Waals surface area (Å²) in [6.45, 7) is 5.28. The van der Waals surface area contributed by atoms with Crippen LogP contribution in [0.5, 0.6) is 11.5 Å². The molecule has 2 aromatic carbocycles. The van der Waals surface area contributed by atoms with Crippen LogP contribution in [-0.4, -0.2) is 67.7 Å². The molecule has 1 aliphatic rings. The topological polar surface area (TPSA) is 180 Å². The van der Waals surface area contributed by atoms with Crippen molar-refractivity contribution >= 4 is 40.8 Å². The first-order chi connectivity index (χ1) is 22.9. The van der Waals surface area contributed by atoms with Crippen LogP contribution in [0.1, 0.15) is 53.4 Å². The first-order valence-corrected chi connectivity index (χ1v) is 15.2. The van der Waals surface area contributed by atoms with E-state index in [4.69, 9.17) is 37.6 Å². The van der Waals surface area contributed by atoms with Crippen molar-refractivity contribution in [3.63, 3.8) is 0 Å². The molecular formula is C34H36O14. The van der Waals surface area contributed by atoms with Crippen molar-refractivity contribution in [1.82, 2.24) is 0 Å². The van der Waals surface area contributed by atoms with Gasteiger partial charge in [0, 0.05) is 33.3 Å². The number of esters is 5. The zero-order valence-electron chi connectivity index (χ0n) is 27.0. The van der Waals surface area contributed by atoms with Gasteiger partial charge in [0.1, 0.15) is 23.3 Å². The molecule has 14 nitrogen and oxygen atoms in total. The lowest BCUT2D eigenvalue weighted by molar-refractivity contribution is -0.282. The quantitative estimate of drug-likeness (QED) is 0.117. The average molecular weight is 669 g/mol. The number of carbonyl (C=O) groups excluding carboxylic acids is 5. The van der Waals surface area contributed by atoms with E-state index in [-0.39, 0.29) is 33.7 Å². The Kier molecular flexibility index (Phi) is 11.9. The van der Waals surface area contributed by atoms with Crippen molar-refractivity contribution < 1.29 is 61.5 Å². The summed E-state index contributed by atoms with van der Waals surface area (Å²) in [7, 11) is 1.07. The molecule has 3 aromatic rings. The molecule has 14 heteroatoms. The van der Waals surface area contributed by atoms with Crippen molar-refractivity contribution in [2.24, 2.45) is 0 Å². The zero-order valence-corrected chi connectivity index (χ0v) is 27.0. The predicted molar refractivity (Wildman–Crippen MR) is 166 cm³/mol. The van der Waals surface area contributed by atoms with Crippen LogP contribution in [0.2, 0.25) is 0 Å². The van der Waals surface area contributed by atoms with Crippen LogP contribution in [0.3, 0.4) is 0 Å². The summed E-state index contributed by atoms with van der Waals surface area (Å²) >= 11 is 0. The van der Waals surface area contributed by atoms with Gasteiger partial charge >= 0.3 is 29.8 Å². The minimum atomic E-state index is -1.64. The van der Waals surface area contributed by atoms with E-state index in [0.29, 0.717) is 17.7 Å². The second kappa shape index (κ2) is 16.0. The van der Waals surface area contributed by atoms with Crippen LogP contribution >= 0.6 is 0 Å². The predicted octanol–water partition coefficient (Wildman–Crippen LogP) is 4.02. The number of methoxy groups -OCH3 is 1. The fourth-order valence-corrected chi connectivity index (χ4v) is 5.09. The Hall–Kier alpha value is -5.24. The molecule has 0 radical (unpaired) electrons. The molecule has 1 fully saturated rings. The number of unbranched alkanes of at least 4 members (excludes halogenated alkanes) is 2. The molecule has 5 unspecified atom stereocenters. The molecule has 4 rings (SSSR count). The largest absolute Gasteiger partial charge is 0.467 e. The molecule has 0 aliphatic carbocycles. The van der Waals surface area contributed by atoms with E-state index in [1.54, 1.807) is 24.3 Å². The Morgan fingerprint density at radius 2 is 1.42 bits per heavy atom. The lowest BCUT2D eigenvalue weighted by Gasteiger charge is -2.43. The zero-order chi connectivity index (χ0) is 35.0. The second-order valence-electron chi connectivity index (χ2n) is 10.9. The Balaban J connectivity index is 1.61. The summed E-state index contributed by atoms with van der Waals surface area (Å²) in [5.74, 6) is -3.39. The van der Waals surface area contributed by atoms with Crippen molar-refractivity contribution in [2.75, 3.05) is 7.11 Å². The lowest BCUT2D eigenvalue weighted by atomic mass is 9.97. The van der Waals surface area contributed by atoms with Crippen LogP contribution in [-0.2, 0) is 47.7 Å². The van der Waals surface area contributed by atoms with Gasteiger partial charge in [0.15, 0.2) is 23.7 Å². The van der Waals surface area contributed by atoms with E-state index in [0.717, 1.165) is 47.1 Å². The summed E-state index contributed by atoms with van der Waals surface area (Å²) in [6.07, 6.45) is -3.56. The van der Waals surface area contributed by atoms with E-state index in [2.05, 4.69) is 0 Å². The van der Waals surface area contributed by atoms with E-state index in [1.165, 1.54) is 24.5 Å². The maximum atomic E-state index is 13.4. The van der Waals surface area contributed by atoms with Crippen molar-refractivity contribution in [3.8, 4) is 22.6 Å². The first-order valence-electron chi connectivity index (χ1n) is 15.2. The number of rotatable bonds is 12. The molecule has 0 amide bonds. The minimum Gasteiger partial charge on any atom is -0.467 e. The van der Waals surface area contributed by atoms with E-state index < -0.39 is 54.6 Å². The molecule has 1 saturated heterocycles. The molecular weight excluding hydrogens is 632 g/mol. The fraction of sp³-hybridized carbons (Fsp3) is 0.412. The van der Waals surface area contributed by atoms with Crippen LogP contribution in [0.4, 0.5) is 0 Å². The Morgan fingerprint density at radius 3 is 2.04 bits per heavy atom. The normalized spacial score (nSPS) is 20.3. The van der Waals surface area contributed by atoms with Gasteiger partial charge in [0.05, 0.1) is 18.1 Å². The maximum Gasteiger partial charge on any atom is 0.339 e. The third-order valence-electron chi connectivity index (χ3n) is 7.21. The molecule has 5 atom stereocenters. The van der Waals surface area contributed by atoms with Crippen molar-refractivity contribution in [1.29, 1.82) is 0 Å². The highest BCUT2D eigenvalue weighted by atomic mass is 16.7. The minimum absolute atomic E-state index is 0.0572. The molecule has 0 spiro atoms. The average Bonchev–Trinajstić information content (AvgIpc) is 3.03. The van der Waals surface area contributed by atoms with E-state index >= 15 is 0 Å². The van der Waals surface area contributed by atoms with Gasteiger partial charge in [-0.05, 0) is 36.2 Å². The summed E-state index contributed by atoms with van der Waals surface area (Å²) in [6, 6.07) is 10.7. The van der Waals surface area contributed by atoms with Gasteiger partial charge in [-0.15, -0.1) is 0 Å². The standard InChI is InChI=1S/C34H36O14/c1-6-7-8-9-27(38)46-22-12-10-21(11-13-22)25-17-42-26-16-23(14-15-24(26)28(25)39)47-34-32(45-20(4)37)30(44-19(3)36)29(43-18(2)35)31(48-34)33(40)41-5/h10-17,29-32,34H,6-9H2,1-5H3. The molecule has 48 heavy (non-hydrogen) atoms. The van der Waals surface area contributed by atoms with Gasteiger partial charge in [-0.3, -0.25) is 24.0 Å². The number of hydrogen-bond acceptors (Lipinski definition) is 14. The highest BCUT2D eigenvalue weighted by molar-refractivity contribution is 5.83. The SMILES string of the molecule is CCCCCC(=O)Oc1ccc(-c2coc3cc(OC4OC(C(=O)OC)C(OC(C)=O)C(OC(C)=O)C4OC(C)=O)ccc3c2=O)cc1. The second-order valence-corrected chi connectivity index (χ2v) is 10.9. The summed E-state index contributed by atoms with van der Waals surface area (Å²) < 4.78 is 43.7. The number of fused-ring (bicyclic) bond motifs is 1. The summed E-state index contributed by atoms with van der Waals surface area (Å²) in [5, 5.41) is 0.201. The third kappa shape index (κ3) is 8.76. The van der Waals surface area contributed by atoms with Gasteiger partial charge in [0.25, 0.3) is 0 Å². The van der Waals surface area contributed by atoms with Crippen molar-refractivity contribution in [2.45, 2.75) is 84.1 Å². The lowest BCUT2D eigenvalue weighted by Crippen LogP contribution is -2.64. The number of benzene rings is 2. The number of hydrogen-bond donors (Lipinski definition) is 0. The monoisotopic (exact) mass is 668 g/mol. The van der Waals surface area contributed by atoms with Gasteiger partial charge in [-0.2, -0.15) is 0 Å². The molecule has 0 N–H and O–H groups in total. The maximum absolute atomic E-state index is 13.4. The first kappa shape index (κ1) is 35.6. The molecule has 1 aliphatic heterocycles. The van der Waals surface area contributed by atoms with Gasteiger partial charge in [0.2, 0.25) is 12.4 Å². The van der Waals surface area contributed by atoms with Crippen LogP contribution in [0, 0.1) is 0 Å². The van der Waals surface area contributed by atoms with E-state index in [9.17, 15) is 28.8 Å². The Morgan fingerprint density at radius 1 is 0.792 bits per heavy atom. The van der Waals surface area contributed by atoms with Crippen molar-refractivity contribution in [3.05, 3.63) is 59.0 Å². The van der Waals surface area contributed by atoms with Gasteiger partial charge < -0.3 is 37.6 Å². The number of ether oxygens (including phenoxy) is 7. The molecule has 2 heterocycles. The Bertz CT molecular complexity index is 1710. The summed E-state index contributed by atoms with van der Waals surface area (Å²) in [4.78, 5) is 74.2. The highest BCUT2D eigenvalue weighted by Crippen LogP contribution is 2.32. The van der Waals surface area contributed by atoms with Crippen LogP contribution < -0.4 is 14.9 Å².